The maximum Gasteiger partial charge on any atom is 0.265 e. The molecule has 10 nitrogen and oxygen atoms in total. The summed E-state index contributed by atoms with van der Waals surface area (Å²) in [5.41, 5.74) is 2.17. The fraction of sp³-hybridized carbons (Fsp3) is 0.391. The molecule has 0 bridgehead atoms. The molecule has 1 heterocycles. The number of ether oxygens (including phenoxy) is 3. The molecule has 1 aliphatic heterocycles. The molecule has 0 atom stereocenters. The minimum absolute atomic E-state index is 0.0520. The van der Waals surface area contributed by atoms with Crippen LogP contribution in [0.2, 0.25) is 0 Å². The third kappa shape index (κ3) is 6.23. The van der Waals surface area contributed by atoms with Crippen molar-refractivity contribution in [1.29, 1.82) is 0 Å². The number of carbonyl (C=O) groups is 2. The van der Waals surface area contributed by atoms with Gasteiger partial charge in [-0.1, -0.05) is 0 Å². The molecule has 0 radical (unpaired) electrons. The Morgan fingerprint density at radius 2 is 1.83 bits per heavy atom. The Labute approximate surface area is 217 Å². The number of methoxy groups -OCH3 is 1. The number of sulfone groups is 1. The van der Waals surface area contributed by atoms with Gasteiger partial charge in [-0.3, -0.25) is 14.8 Å². The van der Waals surface area contributed by atoms with E-state index >= 15 is 0 Å². The summed E-state index contributed by atoms with van der Waals surface area (Å²) in [5, 5.41) is 11.9. The van der Waals surface area contributed by atoms with Crippen LogP contribution in [0.5, 0.6) is 11.5 Å². The van der Waals surface area contributed by atoms with Gasteiger partial charge < -0.3 is 19.5 Å². The van der Waals surface area contributed by atoms with Crippen molar-refractivity contribution >= 4 is 49.9 Å². The van der Waals surface area contributed by atoms with Gasteiger partial charge in [-0.05, 0) is 84.3 Å². The first-order valence-corrected chi connectivity index (χ1v) is 13.4. The van der Waals surface area contributed by atoms with Crippen molar-refractivity contribution in [2.24, 2.45) is 0 Å². The highest BCUT2D eigenvalue weighted by Gasteiger charge is 2.52. The molecule has 3 rings (SSSR count). The van der Waals surface area contributed by atoms with Crippen molar-refractivity contribution in [1.82, 2.24) is 5.48 Å². The summed E-state index contributed by atoms with van der Waals surface area (Å²) in [4.78, 5) is 24.4. The zero-order valence-electron chi connectivity index (χ0n) is 19.1. The van der Waals surface area contributed by atoms with E-state index < -0.39 is 20.5 Å². The molecule has 2 aromatic rings. The lowest BCUT2D eigenvalue weighted by molar-refractivity contribution is -0.134. The van der Waals surface area contributed by atoms with Gasteiger partial charge in [0.05, 0.1) is 22.2 Å². The standard InChI is InChI=1S/C23H27IN2O8S/c1-32-20-9-4-16(15-19(20)24)25-21(27)3-2-12-34-17-5-7-18(8-6-17)35(30,31)23(22(28)26-29)10-13-33-14-11-23/h4-9,15,29H,2-3,10-14H2,1H3,(H,25,27)(H,26,28). The maximum absolute atomic E-state index is 13.2. The van der Waals surface area contributed by atoms with Crippen molar-refractivity contribution < 1.29 is 37.4 Å². The SMILES string of the molecule is COc1ccc(NC(=O)CCCOc2ccc(S(=O)(=O)C3(C(=O)NO)CCOCC3)cc2)cc1I. The molecule has 0 aliphatic carbocycles. The molecule has 0 aromatic heterocycles. The first-order valence-electron chi connectivity index (χ1n) is 10.9. The molecule has 0 saturated carbocycles. The van der Waals surface area contributed by atoms with Crippen molar-refractivity contribution in [2.45, 2.75) is 35.3 Å². The summed E-state index contributed by atoms with van der Waals surface area (Å²) in [6.45, 7) is 0.450. The number of nitrogens with one attached hydrogen (secondary N) is 2. The van der Waals surface area contributed by atoms with Gasteiger partial charge in [0, 0.05) is 25.3 Å². The van der Waals surface area contributed by atoms with Gasteiger partial charge in [0.15, 0.2) is 14.6 Å². The van der Waals surface area contributed by atoms with Crippen LogP contribution >= 0.6 is 22.6 Å². The normalized spacial score (nSPS) is 15.2. The Kier molecular flexibility index (Phi) is 9.33. The van der Waals surface area contributed by atoms with E-state index in [-0.39, 0.29) is 49.9 Å². The largest absolute Gasteiger partial charge is 0.496 e. The van der Waals surface area contributed by atoms with Crippen molar-refractivity contribution in [2.75, 3.05) is 32.2 Å². The van der Waals surface area contributed by atoms with Crippen LogP contribution in [-0.2, 0) is 24.2 Å². The highest BCUT2D eigenvalue weighted by molar-refractivity contribution is 14.1. The van der Waals surface area contributed by atoms with Crippen molar-refractivity contribution in [3.05, 3.63) is 46.0 Å². The number of halogens is 1. The molecule has 190 valence electrons. The van der Waals surface area contributed by atoms with Gasteiger partial charge in [-0.25, -0.2) is 13.9 Å². The van der Waals surface area contributed by atoms with Crippen LogP contribution in [0.15, 0.2) is 47.4 Å². The van der Waals surface area contributed by atoms with Crippen LogP contribution < -0.4 is 20.3 Å². The lowest BCUT2D eigenvalue weighted by atomic mass is 9.98. The second-order valence-corrected chi connectivity index (χ2v) is 11.3. The average Bonchev–Trinajstić information content (AvgIpc) is 2.87. The van der Waals surface area contributed by atoms with Crippen LogP contribution in [-0.4, -0.2) is 57.1 Å². The molecule has 0 spiro atoms. The van der Waals surface area contributed by atoms with Crippen LogP contribution in [0.3, 0.4) is 0 Å². The number of hydrogen-bond donors (Lipinski definition) is 3. The Morgan fingerprint density at radius 1 is 1.14 bits per heavy atom. The van der Waals surface area contributed by atoms with Gasteiger partial charge in [0.25, 0.3) is 5.91 Å². The summed E-state index contributed by atoms with van der Waals surface area (Å²) in [5.74, 6) is 0.0424. The van der Waals surface area contributed by atoms with Crippen LogP contribution in [0.1, 0.15) is 25.7 Å². The molecule has 2 aromatic carbocycles. The lowest BCUT2D eigenvalue weighted by Crippen LogP contribution is -2.54. The molecule has 0 unspecified atom stereocenters. The molecule has 35 heavy (non-hydrogen) atoms. The van der Waals surface area contributed by atoms with E-state index in [1.54, 1.807) is 19.2 Å². The monoisotopic (exact) mass is 618 g/mol. The van der Waals surface area contributed by atoms with E-state index in [4.69, 9.17) is 19.4 Å². The second kappa shape index (κ2) is 12.0. The minimum atomic E-state index is -4.09. The molecule has 1 aliphatic rings. The molecular formula is C23H27IN2O8S. The highest BCUT2D eigenvalue weighted by atomic mass is 127. The van der Waals surface area contributed by atoms with Gasteiger partial charge >= 0.3 is 0 Å². The molecule has 12 heteroatoms. The Balaban J connectivity index is 1.53. The maximum atomic E-state index is 13.2. The van der Waals surface area contributed by atoms with Crippen molar-refractivity contribution in [3.8, 4) is 11.5 Å². The van der Waals surface area contributed by atoms with Gasteiger partial charge in [0.1, 0.15) is 11.5 Å². The third-order valence-electron chi connectivity index (χ3n) is 5.72. The third-order valence-corrected chi connectivity index (χ3v) is 9.07. The summed E-state index contributed by atoms with van der Waals surface area (Å²) in [7, 11) is -2.51. The zero-order chi connectivity index (χ0) is 25.5. The predicted octanol–water partition coefficient (Wildman–Crippen LogP) is 2.93. The zero-order valence-corrected chi connectivity index (χ0v) is 22.1. The number of anilines is 1. The quantitative estimate of drug-likeness (QED) is 0.160. The van der Waals surface area contributed by atoms with E-state index in [9.17, 15) is 18.0 Å². The van der Waals surface area contributed by atoms with E-state index in [0.717, 1.165) is 9.32 Å². The summed E-state index contributed by atoms with van der Waals surface area (Å²) in [6.07, 6.45) is 0.588. The van der Waals surface area contributed by atoms with Gasteiger partial charge in [0.2, 0.25) is 5.91 Å². The molecule has 2 amide bonds. The molecule has 3 N–H and O–H groups in total. The average molecular weight is 618 g/mol. The first kappa shape index (κ1) is 27.2. The minimum Gasteiger partial charge on any atom is -0.496 e. The fourth-order valence-electron chi connectivity index (χ4n) is 3.75. The number of benzene rings is 2. The van der Waals surface area contributed by atoms with Crippen LogP contribution in [0, 0.1) is 3.57 Å². The van der Waals surface area contributed by atoms with Crippen molar-refractivity contribution in [3.63, 3.8) is 0 Å². The van der Waals surface area contributed by atoms with E-state index in [1.807, 2.05) is 6.07 Å². The number of rotatable bonds is 10. The Hall–Kier alpha value is -2.42. The van der Waals surface area contributed by atoms with E-state index in [0.29, 0.717) is 17.9 Å². The smallest absolute Gasteiger partial charge is 0.265 e. The second-order valence-electron chi connectivity index (χ2n) is 7.87. The Morgan fingerprint density at radius 3 is 2.43 bits per heavy atom. The highest BCUT2D eigenvalue weighted by Crippen LogP contribution is 2.35. The van der Waals surface area contributed by atoms with Gasteiger partial charge in [-0.15, -0.1) is 0 Å². The van der Waals surface area contributed by atoms with E-state index in [1.165, 1.54) is 29.7 Å². The van der Waals surface area contributed by atoms with Gasteiger partial charge in [-0.2, -0.15) is 0 Å². The molecule has 1 fully saturated rings. The summed E-state index contributed by atoms with van der Waals surface area (Å²) in [6, 6.07) is 11.1. The summed E-state index contributed by atoms with van der Waals surface area (Å²) < 4.78 is 41.6. The Bertz CT molecular complexity index is 1150. The first-order chi connectivity index (χ1) is 16.7. The topological polar surface area (TPSA) is 140 Å². The van der Waals surface area contributed by atoms with Crippen LogP contribution in [0.4, 0.5) is 5.69 Å². The van der Waals surface area contributed by atoms with Crippen LogP contribution in [0.25, 0.3) is 0 Å². The number of hydrogen-bond acceptors (Lipinski definition) is 8. The molecule has 1 saturated heterocycles. The predicted molar refractivity (Wildman–Crippen MR) is 135 cm³/mol. The summed E-state index contributed by atoms with van der Waals surface area (Å²) >= 11 is 2.13. The number of amides is 2. The number of carbonyl (C=O) groups excluding carboxylic acids is 2. The molecular weight excluding hydrogens is 591 g/mol. The fourth-order valence-corrected chi connectivity index (χ4v) is 6.43. The lowest BCUT2D eigenvalue weighted by Gasteiger charge is -2.34. The number of hydroxylamine groups is 1. The van der Waals surface area contributed by atoms with E-state index in [2.05, 4.69) is 27.9 Å².